The highest BCUT2D eigenvalue weighted by Crippen LogP contribution is 2.01. The fraction of sp³-hybridized carbons (Fsp3) is 0.643. The molecule has 0 unspecified atom stereocenters. The van der Waals surface area contributed by atoms with Gasteiger partial charge in [0.1, 0.15) is 0 Å². The van der Waals surface area contributed by atoms with Crippen molar-refractivity contribution in [2.75, 3.05) is 47.6 Å². The Morgan fingerprint density at radius 3 is 1.91 bits per heavy atom. The zero-order chi connectivity index (χ0) is 17.0. The van der Waals surface area contributed by atoms with Gasteiger partial charge in [-0.3, -0.25) is 4.79 Å². The smallest absolute Gasteiger partial charge is 0.331 e. The molecule has 0 N–H and O–H groups in total. The minimum absolute atomic E-state index is 0.359. The number of hydrogen-bond acceptors (Lipinski definition) is 7. The summed E-state index contributed by atoms with van der Waals surface area (Å²) in [5.41, 5.74) is 0. The van der Waals surface area contributed by atoms with Crippen molar-refractivity contribution >= 4 is 17.8 Å². The molecule has 8 heteroatoms. The predicted molar refractivity (Wildman–Crippen MR) is 77.0 cm³/mol. The van der Waals surface area contributed by atoms with Crippen LogP contribution in [0.3, 0.4) is 0 Å². The Kier molecular flexibility index (Phi) is 10.7. The van der Waals surface area contributed by atoms with Crippen LogP contribution in [0.2, 0.25) is 0 Å². The lowest BCUT2D eigenvalue weighted by Crippen LogP contribution is -2.43. The Morgan fingerprint density at radius 2 is 1.45 bits per heavy atom. The van der Waals surface area contributed by atoms with Gasteiger partial charge in [0.25, 0.3) is 5.91 Å². The van der Waals surface area contributed by atoms with E-state index < -0.39 is 18.0 Å². The molecule has 22 heavy (non-hydrogen) atoms. The molecule has 0 aliphatic rings. The number of methoxy groups -OCH3 is 3. The Labute approximate surface area is 129 Å². The molecule has 1 amide bonds. The van der Waals surface area contributed by atoms with Gasteiger partial charge in [-0.1, -0.05) is 0 Å². The summed E-state index contributed by atoms with van der Waals surface area (Å²) in [4.78, 5) is 36.0. The van der Waals surface area contributed by atoms with Crippen LogP contribution in [0.4, 0.5) is 0 Å². The van der Waals surface area contributed by atoms with E-state index in [0.29, 0.717) is 26.3 Å². The Morgan fingerprint density at radius 1 is 0.955 bits per heavy atom. The first kappa shape index (κ1) is 20.1. The van der Waals surface area contributed by atoms with Crippen molar-refractivity contribution in [3.05, 3.63) is 12.2 Å². The molecule has 0 saturated carbocycles. The van der Waals surface area contributed by atoms with Crippen molar-refractivity contribution in [2.45, 2.75) is 13.0 Å². The van der Waals surface area contributed by atoms with Crippen molar-refractivity contribution in [3.8, 4) is 0 Å². The molecule has 0 fully saturated rings. The van der Waals surface area contributed by atoms with Gasteiger partial charge in [0.05, 0.1) is 20.3 Å². The molecule has 0 spiro atoms. The third-order valence-corrected chi connectivity index (χ3v) is 2.64. The van der Waals surface area contributed by atoms with Gasteiger partial charge in [-0.05, 0) is 6.92 Å². The second-order valence-electron chi connectivity index (χ2n) is 4.25. The summed E-state index contributed by atoms with van der Waals surface area (Å²) in [6, 6.07) is 0. The van der Waals surface area contributed by atoms with Crippen molar-refractivity contribution in [2.24, 2.45) is 0 Å². The average molecular weight is 317 g/mol. The number of amides is 1. The normalized spacial score (nSPS) is 12.0. The fourth-order valence-electron chi connectivity index (χ4n) is 1.46. The van der Waals surface area contributed by atoms with Crippen molar-refractivity contribution in [1.29, 1.82) is 0 Å². The van der Waals surface area contributed by atoms with Crippen LogP contribution in [0, 0.1) is 0 Å². The first-order chi connectivity index (χ1) is 10.5. The number of carbonyl (C=O) groups excluding carboxylic acids is 3. The molecule has 1 atom stereocenters. The van der Waals surface area contributed by atoms with E-state index >= 15 is 0 Å². The van der Waals surface area contributed by atoms with Crippen LogP contribution in [0.25, 0.3) is 0 Å². The monoisotopic (exact) mass is 317 g/mol. The standard InChI is InChI=1S/C14H23NO7/c1-11(22-13(17)6-5-12(16)21-4)14(18)15(7-9-19-2)8-10-20-3/h5-6,11H,7-10H2,1-4H3/t11-/m0/s1. The molecular formula is C14H23NO7. The maximum atomic E-state index is 12.2. The van der Waals surface area contributed by atoms with E-state index in [0.717, 1.165) is 12.2 Å². The van der Waals surface area contributed by atoms with Crippen LogP contribution in [-0.2, 0) is 33.3 Å². The highest BCUT2D eigenvalue weighted by atomic mass is 16.5. The molecule has 8 nitrogen and oxygen atoms in total. The minimum atomic E-state index is -0.983. The van der Waals surface area contributed by atoms with Gasteiger partial charge in [-0.2, -0.15) is 0 Å². The number of carbonyl (C=O) groups is 3. The zero-order valence-corrected chi connectivity index (χ0v) is 13.4. The van der Waals surface area contributed by atoms with E-state index in [1.807, 2.05) is 0 Å². The predicted octanol–water partition coefficient (Wildman–Crippen LogP) is -0.231. The van der Waals surface area contributed by atoms with Crippen molar-refractivity contribution in [1.82, 2.24) is 4.90 Å². The topological polar surface area (TPSA) is 91.4 Å². The van der Waals surface area contributed by atoms with Gasteiger partial charge in [0.15, 0.2) is 6.10 Å². The number of esters is 2. The van der Waals surface area contributed by atoms with Crippen molar-refractivity contribution < 1.29 is 33.3 Å². The number of hydrogen-bond donors (Lipinski definition) is 0. The summed E-state index contributed by atoms with van der Waals surface area (Å²) in [7, 11) is 4.24. The van der Waals surface area contributed by atoms with E-state index in [4.69, 9.17) is 14.2 Å². The summed E-state index contributed by atoms with van der Waals surface area (Å²) >= 11 is 0. The molecule has 0 bridgehead atoms. The lowest BCUT2D eigenvalue weighted by atomic mass is 10.3. The van der Waals surface area contributed by atoms with E-state index in [-0.39, 0.29) is 5.91 Å². The van der Waals surface area contributed by atoms with Crippen molar-refractivity contribution in [3.63, 3.8) is 0 Å². The summed E-state index contributed by atoms with van der Waals surface area (Å²) in [5, 5.41) is 0. The first-order valence-corrected chi connectivity index (χ1v) is 6.69. The maximum Gasteiger partial charge on any atom is 0.331 e. The largest absolute Gasteiger partial charge is 0.466 e. The average Bonchev–Trinajstić information content (AvgIpc) is 2.51. The maximum absolute atomic E-state index is 12.2. The molecule has 126 valence electrons. The summed E-state index contributed by atoms with van der Waals surface area (Å²) < 4.78 is 19.2. The number of nitrogens with zero attached hydrogens (tertiary/aromatic N) is 1. The lowest BCUT2D eigenvalue weighted by molar-refractivity contribution is -0.156. The van der Waals surface area contributed by atoms with Crippen LogP contribution >= 0.6 is 0 Å². The van der Waals surface area contributed by atoms with Crippen LogP contribution in [0.5, 0.6) is 0 Å². The van der Waals surface area contributed by atoms with Gasteiger partial charge in [-0.15, -0.1) is 0 Å². The third kappa shape index (κ3) is 8.38. The Balaban J connectivity index is 4.53. The second-order valence-corrected chi connectivity index (χ2v) is 4.25. The third-order valence-electron chi connectivity index (χ3n) is 2.64. The zero-order valence-electron chi connectivity index (χ0n) is 13.4. The molecule has 0 aromatic heterocycles. The fourth-order valence-corrected chi connectivity index (χ4v) is 1.46. The first-order valence-electron chi connectivity index (χ1n) is 6.69. The Bertz CT molecular complexity index is 387. The van der Waals surface area contributed by atoms with Gasteiger partial charge in [0.2, 0.25) is 0 Å². The van der Waals surface area contributed by atoms with Gasteiger partial charge in [-0.25, -0.2) is 9.59 Å². The highest BCUT2D eigenvalue weighted by molar-refractivity contribution is 5.93. The number of ether oxygens (including phenoxy) is 4. The van der Waals surface area contributed by atoms with E-state index in [9.17, 15) is 14.4 Å². The van der Waals surface area contributed by atoms with Crippen LogP contribution in [0.15, 0.2) is 12.2 Å². The molecular weight excluding hydrogens is 294 g/mol. The summed E-state index contributed by atoms with van der Waals surface area (Å²) in [6.07, 6.45) is 0.848. The molecule has 0 rings (SSSR count). The SMILES string of the molecule is COCCN(CCOC)C(=O)[C@H](C)OC(=O)C=CC(=O)OC. The molecule has 0 aliphatic heterocycles. The summed E-state index contributed by atoms with van der Waals surface area (Å²) in [5.74, 6) is -1.85. The van der Waals surface area contributed by atoms with E-state index in [1.54, 1.807) is 0 Å². The molecule has 0 heterocycles. The minimum Gasteiger partial charge on any atom is -0.466 e. The van der Waals surface area contributed by atoms with Gasteiger partial charge >= 0.3 is 11.9 Å². The van der Waals surface area contributed by atoms with E-state index in [1.165, 1.54) is 33.2 Å². The second kappa shape index (κ2) is 11.7. The molecule has 0 radical (unpaired) electrons. The number of rotatable bonds is 10. The molecule has 0 saturated heterocycles. The van der Waals surface area contributed by atoms with E-state index in [2.05, 4.69) is 4.74 Å². The van der Waals surface area contributed by atoms with Crippen LogP contribution < -0.4 is 0 Å². The van der Waals surface area contributed by atoms with Crippen LogP contribution in [-0.4, -0.2) is 76.5 Å². The van der Waals surface area contributed by atoms with Gasteiger partial charge < -0.3 is 23.8 Å². The Hall–Kier alpha value is -1.93. The molecule has 0 aliphatic carbocycles. The van der Waals surface area contributed by atoms with Gasteiger partial charge in [0, 0.05) is 39.5 Å². The summed E-state index contributed by atoms with van der Waals surface area (Å²) in [6.45, 7) is 2.90. The molecule has 0 aromatic rings. The molecule has 0 aromatic carbocycles. The highest BCUT2D eigenvalue weighted by Gasteiger charge is 2.23. The quantitative estimate of drug-likeness (QED) is 0.406. The lowest BCUT2D eigenvalue weighted by Gasteiger charge is -2.24. The van der Waals surface area contributed by atoms with Crippen LogP contribution in [0.1, 0.15) is 6.92 Å².